The molecule has 4 atom stereocenters. The van der Waals surface area contributed by atoms with Gasteiger partial charge < -0.3 is 4.74 Å². The van der Waals surface area contributed by atoms with Crippen molar-refractivity contribution < 1.29 is 4.74 Å². The molecule has 102 valence electrons. The summed E-state index contributed by atoms with van der Waals surface area (Å²) in [6.07, 6.45) is 1.21. The molecule has 1 aromatic heterocycles. The molecule has 0 radical (unpaired) electrons. The van der Waals surface area contributed by atoms with Gasteiger partial charge in [-0.1, -0.05) is 13.8 Å². The zero-order valence-corrected chi connectivity index (χ0v) is 13.1. The van der Waals surface area contributed by atoms with Gasteiger partial charge >= 0.3 is 5.69 Å². The fourth-order valence-corrected chi connectivity index (χ4v) is 2.58. The zero-order valence-electron chi connectivity index (χ0n) is 10.9. The average Bonchev–Trinajstić information content (AvgIpc) is 2.61. The van der Waals surface area contributed by atoms with Crippen molar-refractivity contribution in [1.29, 1.82) is 0 Å². The predicted molar refractivity (Wildman–Crippen MR) is 80.1 cm³/mol. The molecule has 0 saturated carbocycles. The highest BCUT2D eigenvalue weighted by molar-refractivity contribution is 14.1. The Labute approximate surface area is 124 Å². The summed E-state index contributed by atoms with van der Waals surface area (Å²) in [6, 6.07) is 0. The number of hydrogen-bond donors (Lipinski definition) is 1. The van der Waals surface area contributed by atoms with Crippen molar-refractivity contribution in [2.24, 2.45) is 11.8 Å². The van der Waals surface area contributed by atoms with Crippen LogP contribution in [-0.2, 0) is 4.74 Å². The van der Waals surface area contributed by atoms with Gasteiger partial charge in [0.2, 0.25) is 0 Å². The first-order valence-electron chi connectivity index (χ1n) is 6.08. The standard InChI is InChI=1S/C13H15IN2O3/c1-7-8(2)12(19-9(7)3)16-6-10(4-5-14)11(17)15-13(16)18/h6-9,12H,1-3H3,(H,15,17,18). The average molecular weight is 374 g/mol. The van der Waals surface area contributed by atoms with Gasteiger partial charge in [0.05, 0.1) is 6.10 Å². The van der Waals surface area contributed by atoms with Crippen LogP contribution in [0.4, 0.5) is 0 Å². The van der Waals surface area contributed by atoms with Gasteiger partial charge in [0, 0.05) is 34.7 Å². The molecule has 0 aliphatic carbocycles. The quantitative estimate of drug-likeness (QED) is 0.598. The lowest BCUT2D eigenvalue weighted by atomic mass is 9.93. The summed E-state index contributed by atoms with van der Waals surface area (Å²) in [7, 11) is 0. The molecule has 1 N–H and O–H groups in total. The van der Waals surface area contributed by atoms with E-state index in [-0.39, 0.29) is 23.8 Å². The summed E-state index contributed by atoms with van der Waals surface area (Å²) < 4.78 is 9.88. The molecule has 1 fully saturated rings. The van der Waals surface area contributed by atoms with Crippen molar-refractivity contribution in [1.82, 2.24) is 9.55 Å². The first kappa shape index (κ1) is 14.3. The van der Waals surface area contributed by atoms with E-state index in [1.807, 2.05) is 36.4 Å². The molecule has 1 saturated heterocycles. The Balaban J connectivity index is 2.51. The van der Waals surface area contributed by atoms with Crippen LogP contribution in [0.2, 0.25) is 0 Å². The molecule has 4 unspecified atom stereocenters. The minimum Gasteiger partial charge on any atom is -0.354 e. The van der Waals surface area contributed by atoms with Crippen LogP contribution >= 0.6 is 22.6 Å². The monoisotopic (exact) mass is 374 g/mol. The van der Waals surface area contributed by atoms with Gasteiger partial charge in [-0.2, -0.15) is 0 Å². The zero-order chi connectivity index (χ0) is 14.2. The Morgan fingerprint density at radius 3 is 2.53 bits per heavy atom. The van der Waals surface area contributed by atoms with Crippen LogP contribution in [0.3, 0.4) is 0 Å². The molecule has 0 aromatic carbocycles. The van der Waals surface area contributed by atoms with Gasteiger partial charge in [-0.15, -0.1) is 0 Å². The first-order chi connectivity index (χ1) is 8.95. The molecule has 2 rings (SSSR count). The summed E-state index contributed by atoms with van der Waals surface area (Å²) in [6.45, 7) is 6.13. The van der Waals surface area contributed by atoms with Crippen LogP contribution in [0.5, 0.6) is 0 Å². The van der Waals surface area contributed by atoms with Crippen molar-refractivity contribution in [3.8, 4) is 9.85 Å². The Morgan fingerprint density at radius 1 is 1.32 bits per heavy atom. The van der Waals surface area contributed by atoms with E-state index in [1.54, 1.807) is 0 Å². The third-order valence-corrected chi connectivity index (χ3v) is 4.07. The van der Waals surface area contributed by atoms with Crippen LogP contribution in [0, 0.1) is 21.7 Å². The number of rotatable bonds is 1. The Bertz CT molecular complexity index is 652. The smallest absolute Gasteiger partial charge is 0.330 e. The largest absolute Gasteiger partial charge is 0.354 e. The van der Waals surface area contributed by atoms with Gasteiger partial charge in [0.25, 0.3) is 5.56 Å². The van der Waals surface area contributed by atoms with E-state index in [0.717, 1.165) is 0 Å². The van der Waals surface area contributed by atoms with E-state index in [9.17, 15) is 9.59 Å². The van der Waals surface area contributed by atoms with Gasteiger partial charge in [-0.05, 0) is 22.7 Å². The van der Waals surface area contributed by atoms with Gasteiger partial charge in [0.1, 0.15) is 11.8 Å². The molecular formula is C13H15IN2O3. The number of aromatic amines is 1. The summed E-state index contributed by atoms with van der Waals surface area (Å²) in [5.74, 6) is 3.23. The summed E-state index contributed by atoms with van der Waals surface area (Å²) >= 11 is 1.85. The van der Waals surface area contributed by atoms with E-state index >= 15 is 0 Å². The molecule has 1 aliphatic heterocycles. The molecule has 1 aromatic rings. The summed E-state index contributed by atoms with van der Waals surface area (Å²) in [5, 5.41) is 0. The maximum absolute atomic E-state index is 11.9. The molecular weight excluding hydrogens is 359 g/mol. The molecule has 0 bridgehead atoms. The number of halogens is 1. The lowest BCUT2D eigenvalue weighted by molar-refractivity contribution is -0.00764. The van der Waals surface area contributed by atoms with E-state index in [0.29, 0.717) is 5.92 Å². The number of hydrogen-bond acceptors (Lipinski definition) is 3. The predicted octanol–water partition coefficient (Wildman–Crippen LogP) is 1.47. The van der Waals surface area contributed by atoms with Gasteiger partial charge in [0.15, 0.2) is 0 Å². The number of aromatic nitrogens is 2. The highest BCUT2D eigenvalue weighted by Gasteiger charge is 2.38. The normalized spacial score (nSPS) is 29.9. The lowest BCUT2D eigenvalue weighted by Gasteiger charge is -2.18. The number of nitrogens with one attached hydrogen (secondary N) is 1. The molecule has 6 heteroatoms. The maximum Gasteiger partial charge on any atom is 0.330 e. The fourth-order valence-electron chi connectivity index (χ4n) is 2.29. The van der Waals surface area contributed by atoms with Gasteiger partial charge in [-0.3, -0.25) is 14.3 Å². The molecule has 0 spiro atoms. The van der Waals surface area contributed by atoms with Gasteiger partial charge in [-0.25, -0.2) is 4.79 Å². The highest BCUT2D eigenvalue weighted by atomic mass is 127. The van der Waals surface area contributed by atoms with Crippen LogP contribution in [-0.4, -0.2) is 15.7 Å². The topological polar surface area (TPSA) is 64.1 Å². The van der Waals surface area contributed by atoms with E-state index in [1.165, 1.54) is 10.8 Å². The number of ether oxygens (including phenoxy) is 1. The SMILES string of the molecule is CC1OC(n2cc(C#CI)c(=O)[nH]c2=O)C(C)C1C. The second-order valence-corrected chi connectivity index (χ2v) is 5.42. The van der Waals surface area contributed by atoms with Crippen LogP contribution in [0.1, 0.15) is 32.6 Å². The number of nitrogens with zero attached hydrogens (tertiary/aromatic N) is 1. The second-order valence-electron chi connectivity index (χ2n) is 4.88. The maximum atomic E-state index is 11.9. The first-order valence-corrected chi connectivity index (χ1v) is 7.16. The Morgan fingerprint density at radius 2 is 2.00 bits per heavy atom. The molecule has 19 heavy (non-hydrogen) atoms. The summed E-state index contributed by atoms with van der Waals surface area (Å²) in [5.41, 5.74) is -0.642. The van der Waals surface area contributed by atoms with Crippen molar-refractivity contribution in [3.05, 3.63) is 32.6 Å². The molecule has 2 heterocycles. The second kappa shape index (κ2) is 5.51. The van der Waals surface area contributed by atoms with Crippen molar-refractivity contribution in [2.45, 2.75) is 33.1 Å². The van der Waals surface area contributed by atoms with Crippen LogP contribution < -0.4 is 11.2 Å². The third-order valence-electron chi connectivity index (χ3n) is 3.80. The fraction of sp³-hybridized carbons (Fsp3) is 0.538. The number of H-pyrrole nitrogens is 1. The van der Waals surface area contributed by atoms with Crippen molar-refractivity contribution in [2.75, 3.05) is 0 Å². The van der Waals surface area contributed by atoms with Crippen molar-refractivity contribution >= 4 is 22.6 Å². The van der Waals surface area contributed by atoms with E-state index < -0.39 is 11.2 Å². The van der Waals surface area contributed by atoms with E-state index in [2.05, 4.69) is 21.8 Å². The Kier molecular flexibility index (Phi) is 4.16. The minimum atomic E-state index is -0.461. The highest BCUT2D eigenvalue weighted by Crippen LogP contribution is 2.37. The summed E-state index contributed by atoms with van der Waals surface area (Å²) in [4.78, 5) is 25.8. The third kappa shape index (κ3) is 2.62. The molecule has 0 amide bonds. The van der Waals surface area contributed by atoms with Crippen LogP contribution in [0.15, 0.2) is 15.8 Å². The molecule has 5 nitrogen and oxygen atoms in total. The lowest BCUT2D eigenvalue weighted by Crippen LogP contribution is -2.35. The van der Waals surface area contributed by atoms with E-state index in [4.69, 9.17) is 4.74 Å². The molecule has 1 aliphatic rings. The van der Waals surface area contributed by atoms with Crippen molar-refractivity contribution in [3.63, 3.8) is 0 Å². The minimum absolute atomic E-state index is 0.0814. The van der Waals surface area contributed by atoms with Crippen LogP contribution in [0.25, 0.3) is 0 Å². The Hall–Kier alpha value is -1.07.